The van der Waals surface area contributed by atoms with E-state index in [0.717, 1.165) is 24.3 Å². The minimum atomic E-state index is -4.47. The summed E-state index contributed by atoms with van der Waals surface area (Å²) in [6.45, 7) is 4.54. The molecule has 1 aliphatic heterocycles. The van der Waals surface area contributed by atoms with E-state index in [0.29, 0.717) is 18.0 Å². The van der Waals surface area contributed by atoms with Crippen molar-refractivity contribution in [1.29, 1.82) is 0 Å². The van der Waals surface area contributed by atoms with E-state index < -0.39 is 23.7 Å². The second kappa shape index (κ2) is 8.14. The molecule has 0 radical (unpaired) electrons. The molecule has 0 bridgehead atoms. The molecule has 2 amide bonds. The molecule has 29 heavy (non-hydrogen) atoms. The van der Waals surface area contributed by atoms with Crippen LogP contribution in [0.4, 0.5) is 18.9 Å². The van der Waals surface area contributed by atoms with Crippen molar-refractivity contribution >= 4 is 17.5 Å². The van der Waals surface area contributed by atoms with Gasteiger partial charge in [0.1, 0.15) is 11.8 Å². The molecule has 1 atom stereocenters. The van der Waals surface area contributed by atoms with Crippen LogP contribution in [0.15, 0.2) is 48.5 Å². The number of rotatable bonds is 4. The highest BCUT2D eigenvalue weighted by Crippen LogP contribution is 2.30. The van der Waals surface area contributed by atoms with Crippen molar-refractivity contribution in [3.8, 4) is 5.75 Å². The Morgan fingerprint density at radius 2 is 1.83 bits per heavy atom. The molecule has 3 rings (SSSR count). The molecule has 8 heteroatoms. The molecule has 1 saturated heterocycles. The van der Waals surface area contributed by atoms with Crippen LogP contribution in [0.5, 0.6) is 5.75 Å². The molecule has 0 aliphatic carbocycles. The fourth-order valence-electron chi connectivity index (χ4n) is 3.28. The summed E-state index contributed by atoms with van der Waals surface area (Å²) in [5.41, 5.74) is -0.0314. The van der Waals surface area contributed by atoms with Crippen molar-refractivity contribution in [3.63, 3.8) is 0 Å². The van der Waals surface area contributed by atoms with Gasteiger partial charge in [0.25, 0.3) is 5.91 Å². The highest BCUT2D eigenvalue weighted by molar-refractivity contribution is 6.03. The Kier molecular flexibility index (Phi) is 5.81. The Balaban J connectivity index is 1.75. The molecule has 5 nitrogen and oxygen atoms in total. The second-order valence-corrected chi connectivity index (χ2v) is 6.67. The van der Waals surface area contributed by atoms with Crippen LogP contribution in [-0.2, 0) is 11.0 Å². The Morgan fingerprint density at radius 3 is 2.45 bits per heavy atom. The molecule has 0 N–H and O–H groups in total. The van der Waals surface area contributed by atoms with Gasteiger partial charge >= 0.3 is 6.18 Å². The van der Waals surface area contributed by atoms with E-state index in [4.69, 9.17) is 4.74 Å². The van der Waals surface area contributed by atoms with Crippen molar-refractivity contribution in [2.24, 2.45) is 0 Å². The fourth-order valence-corrected chi connectivity index (χ4v) is 3.28. The van der Waals surface area contributed by atoms with E-state index in [1.807, 2.05) is 6.92 Å². The lowest BCUT2D eigenvalue weighted by atomic mass is 10.1. The number of piperazine rings is 1. The predicted molar refractivity (Wildman–Crippen MR) is 102 cm³/mol. The van der Waals surface area contributed by atoms with Crippen LogP contribution in [0, 0.1) is 0 Å². The Bertz CT molecular complexity index is 897. The van der Waals surface area contributed by atoms with Gasteiger partial charge in [-0.3, -0.25) is 9.59 Å². The van der Waals surface area contributed by atoms with Crippen LogP contribution in [0.25, 0.3) is 0 Å². The van der Waals surface area contributed by atoms with E-state index in [2.05, 4.69) is 0 Å². The third-order valence-corrected chi connectivity index (χ3v) is 4.82. The normalized spacial score (nSPS) is 17.4. The summed E-state index contributed by atoms with van der Waals surface area (Å²) in [6.07, 6.45) is -4.47. The molecule has 2 aromatic carbocycles. The highest BCUT2D eigenvalue weighted by Gasteiger charge is 2.36. The molecular weight excluding hydrogens is 385 g/mol. The Morgan fingerprint density at radius 1 is 1.14 bits per heavy atom. The van der Waals surface area contributed by atoms with E-state index in [1.165, 1.54) is 4.90 Å². The maximum absolute atomic E-state index is 12.9. The van der Waals surface area contributed by atoms with Crippen molar-refractivity contribution < 1.29 is 27.5 Å². The molecule has 1 heterocycles. The number of carbonyl (C=O) groups excluding carboxylic acids is 2. The average Bonchev–Trinajstić information content (AvgIpc) is 2.69. The fraction of sp³-hybridized carbons (Fsp3) is 0.333. The summed E-state index contributed by atoms with van der Waals surface area (Å²) in [5, 5.41) is 0. The minimum Gasteiger partial charge on any atom is -0.494 e. The zero-order valence-electron chi connectivity index (χ0n) is 16.1. The van der Waals surface area contributed by atoms with Gasteiger partial charge in [-0.25, -0.2) is 0 Å². The van der Waals surface area contributed by atoms with Crippen LogP contribution < -0.4 is 9.64 Å². The van der Waals surface area contributed by atoms with Gasteiger partial charge in [-0.05, 0) is 50.2 Å². The van der Waals surface area contributed by atoms with E-state index in [9.17, 15) is 22.8 Å². The lowest BCUT2D eigenvalue weighted by Gasteiger charge is -2.39. The minimum absolute atomic E-state index is 0.115. The zero-order valence-corrected chi connectivity index (χ0v) is 16.1. The van der Waals surface area contributed by atoms with E-state index in [-0.39, 0.29) is 24.6 Å². The molecule has 2 aromatic rings. The largest absolute Gasteiger partial charge is 0.494 e. The number of ether oxygens (including phenoxy) is 1. The van der Waals surface area contributed by atoms with Gasteiger partial charge in [-0.1, -0.05) is 6.07 Å². The summed E-state index contributed by atoms with van der Waals surface area (Å²) < 4.78 is 43.6. The molecular formula is C21H21F3N2O3. The molecule has 1 aliphatic rings. The average molecular weight is 406 g/mol. The molecule has 0 spiro atoms. The first-order chi connectivity index (χ1) is 13.7. The zero-order chi connectivity index (χ0) is 21.2. The number of nitrogens with zero attached hydrogens (tertiary/aromatic N) is 2. The lowest BCUT2D eigenvalue weighted by Crippen LogP contribution is -2.57. The van der Waals surface area contributed by atoms with Gasteiger partial charge in [0.2, 0.25) is 5.91 Å². The van der Waals surface area contributed by atoms with Crippen molar-refractivity contribution in [3.05, 3.63) is 59.7 Å². The van der Waals surface area contributed by atoms with Crippen molar-refractivity contribution in [1.82, 2.24) is 4.90 Å². The molecule has 154 valence electrons. The van der Waals surface area contributed by atoms with Gasteiger partial charge in [0, 0.05) is 30.4 Å². The van der Waals surface area contributed by atoms with Crippen molar-refractivity contribution in [2.75, 3.05) is 24.6 Å². The standard InChI is InChI=1S/C21H21F3N2O3/c1-3-29-18-6-4-5-17(13-18)26-12-11-25(14(2)19(26)27)20(28)15-7-9-16(10-8-15)21(22,23)24/h4-10,13-14H,3,11-12H2,1-2H3. The van der Waals surface area contributed by atoms with Gasteiger partial charge in [0.05, 0.1) is 12.2 Å². The van der Waals surface area contributed by atoms with Crippen LogP contribution in [-0.4, -0.2) is 42.5 Å². The van der Waals surface area contributed by atoms with Gasteiger partial charge < -0.3 is 14.5 Å². The van der Waals surface area contributed by atoms with Crippen molar-refractivity contribution in [2.45, 2.75) is 26.1 Å². The molecule has 1 fully saturated rings. The summed E-state index contributed by atoms with van der Waals surface area (Å²) in [5.74, 6) is -0.0823. The van der Waals surface area contributed by atoms with Crippen LogP contribution >= 0.6 is 0 Å². The number of carbonyl (C=O) groups is 2. The number of benzene rings is 2. The van der Waals surface area contributed by atoms with E-state index >= 15 is 0 Å². The number of hydrogen-bond donors (Lipinski definition) is 0. The maximum Gasteiger partial charge on any atom is 0.416 e. The third-order valence-electron chi connectivity index (χ3n) is 4.82. The first-order valence-electron chi connectivity index (χ1n) is 9.25. The van der Waals surface area contributed by atoms with Gasteiger partial charge in [0.15, 0.2) is 0 Å². The second-order valence-electron chi connectivity index (χ2n) is 6.67. The number of halogens is 3. The monoisotopic (exact) mass is 406 g/mol. The SMILES string of the molecule is CCOc1cccc(N2CCN(C(=O)c3ccc(C(F)(F)F)cc3)C(C)C2=O)c1. The van der Waals surface area contributed by atoms with Crippen LogP contribution in [0.2, 0.25) is 0 Å². The summed E-state index contributed by atoms with van der Waals surface area (Å²) in [6, 6.07) is 10.4. The Hall–Kier alpha value is -3.03. The number of amides is 2. The first kappa shape index (κ1) is 20.7. The molecule has 0 saturated carbocycles. The smallest absolute Gasteiger partial charge is 0.416 e. The Labute approximate surface area is 166 Å². The first-order valence-corrected chi connectivity index (χ1v) is 9.25. The van der Waals surface area contributed by atoms with Gasteiger partial charge in [-0.15, -0.1) is 0 Å². The third kappa shape index (κ3) is 4.36. The summed E-state index contributed by atoms with van der Waals surface area (Å²) >= 11 is 0. The molecule has 1 unspecified atom stereocenters. The number of hydrogen-bond acceptors (Lipinski definition) is 3. The molecule has 0 aromatic heterocycles. The van der Waals surface area contributed by atoms with Crippen LogP contribution in [0.3, 0.4) is 0 Å². The number of alkyl halides is 3. The van der Waals surface area contributed by atoms with E-state index in [1.54, 1.807) is 36.1 Å². The van der Waals surface area contributed by atoms with Crippen LogP contribution in [0.1, 0.15) is 29.8 Å². The quantitative estimate of drug-likeness (QED) is 0.772. The predicted octanol–water partition coefficient (Wildman–Crippen LogP) is 3.98. The topological polar surface area (TPSA) is 49.9 Å². The van der Waals surface area contributed by atoms with Gasteiger partial charge in [-0.2, -0.15) is 13.2 Å². The lowest BCUT2D eigenvalue weighted by molar-refractivity contribution is -0.137. The number of anilines is 1. The summed E-state index contributed by atoms with van der Waals surface area (Å²) in [4.78, 5) is 28.6. The highest BCUT2D eigenvalue weighted by atomic mass is 19.4. The maximum atomic E-state index is 12.9. The summed E-state index contributed by atoms with van der Waals surface area (Å²) in [7, 11) is 0.